The van der Waals surface area contributed by atoms with Crippen molar-refractivity contribution in [3.63, 3.8) is 0 Å². The van der Waals surface area contributed by atoms with E-state index in [4.69, 9.17) is 10.2 Å². The Morgan fingerprint density at radius 1 is 1.35 bits per heavy atom. The number of carbonyl (C=O) groups excluding carboxylic acids is 1. The topological polar surface area (TPSA) is 94.0 Å². The second kappa shape index (κ2) is 4.25. The van der Waals surface area contributed by atoms with Crippen molar-refractivity contribution >= 4 is 17.6 Å². The second-order valence-corrected chi connectivity index (χ2v) is 3.65. The van der Waals surface area contributed by atoms with Crippen LogP contribution in [0.2, 0.25) is 0 Å². The number of nitrogens with zero attached hydrogens (tertiary/aromatic N) is 2. The third kappa shape index (κ3) is 2.41. The SMILES string of the molecule is Cc1nnc(NC(=O)c2ccc(N)c(C)c2)o1. The van der Waals surface area contributed by atoms with E-state index in [9.17, 15) is 4.79 Å². The van der Waals surface area contributed by atoms with Gasteiger partial charge in [-0.1, -0.05) is 5.10 Å². The molecule has 0 bridgehead atoms. The van der Waals surface area contributed by atoms with Crippen LogP contribution in [0.25, 0.3) is 0 Å². The van der Waals surface area contributed by atoms with Crippen molar-refractivity contribution < 1.29 is 9.21 Å². The fourth-order valence-electron chi connectivity index (χ4n) is 1.33. The van der Waals surface area contributed by atoms with Crippen LogP contribution < -0.4 is 11.1 Å². The van der Waals surface area contributed by atoms with Crippen LogP contribution in [0.4, 0.5) is 11.7 Å². The van der Waals surface area contributed by atoms with Crippen LogP contribution >= 0.6 is 0 Å². The molecule has 0 aliphatic rings. The summed E-state index contributed by atoms with van der Waals surface area (Å²) in [6.07, 6.45) is 0. The summed E-state index contributed by atoms with van der Waals surface area (Å²) in [5.41, 5.74) is 7.66. The molecule has 0 unspecified atom stereocenters. The molecule has 88 valence electrons. The van der Waals surface area contributed by atoms with Gasteiger partial charge in [0, 0.05) is 18.2 Å². The molecule has 1 heterocycles. The van der Waals surface area contributed by atoms with Crippen LogP contribution in [0.5, 0.6) is 0 Å². The Kier molecular flexibility index (Phi) is 2.78. The number of hydrogen-bond donors (Lipinski definition) is 2. The summed E-state index contributed by atoms with van der Waals surface area (Å²) in [6, 6.07) is 5.11. The van der Waals surface area contributed by atoms with Crippen LogP contribution in [0, 0.1) is 13.8 Å². The number of nitrogens with one attached hydrogen (secondary N) is 1. The molecule has 0 fully saturated rings. The van der Waals surface area contributed by atoms with Gasteiger partial charge in [0.1, 0.15) is 0 Å². The summed E-state index contributed by atoms with van der Waals surface area (Å²) in [5.74, 6) is 0.0885. The Hall–Kier alpha value is -2.37. The zero-order chi connectivity index (χ0) is 12.4. The molecule has 2 rings (SSSR count). The average molecular weight is 232 g/mol. The molecule has 0 aliphatic carbocycles. The van der Waals surface area contributed by atoms with Crippen molar-refractivity contribution in [3.05, 3.63) is 35.2 Å². The summed E-state index contributed by atoms with van der Waals surface area (Å²) in [4.78, 5) is 11.8. The number of aromatic nitrogens is 2. The molecule has 6 heteroatoms. The average Bonchev–Trinajstić information content (AvgIpc) is 2.68. The van der Waals surface area contributed by atoms with Gasteiger partial charge in [0.25, 0.3) is 5.91 Å². The minimum absolute atomic E-state index is 0.0852. The molecule has 2 aromatic rings. The highest BCUT2D eigenvalue weighted by Gasteiger charge is 2.10. The minimum atomic E-state index is -0.309. The van der Waals surface area contributed by atoms with Gasteiger partial charge < -0.3 is 10.2 Å². The molecular weight excluding hydrogens is 220 g/mol. The van der Waals surface area contributed by atoms with Crippen LogP contribution in [0.15, 0.2) is 22.6 Å². The Bertz CT molecular complexity index is 562. The number of rotatable bonds is 2. The Morgan fingerprint density at radius 2 is 2.12 bits per heavy atom. The number of anilines is 2. The summed E-state index contributed by atoms with van der Waals surface area (Å²) < 4.78 is 5.05. The standard InChI is InChI=1S/C11H12N4O2/c1-6-5-8(3-4-9(6)12)10(16)13-11-15-14-7(2)17-11/h3-5H,12H2,1-2H3,(H,13,15,16). The van der Waals surface area contributed by atoms with E-state index in [2.05, 4.69) is 15.5 Å². The van der Waals surface area contributed by atoms with Gasteiger partial charge >= 0.3 is 6.01 Å². The summed E-state index contributed by atoms with van der Waals surface area (Å²) in [6.45, 7) is 3.49. The normalized spacial score (nSPS) is 10.2. The van der Waals surface area contributed by atoms with E-state index in [1.54, 1.807) is 25.1 Å². The zero-order valence-corrected chi connectivity index (χ0v) is 9.52. The van der Waals surface area contributed by atoms with Crippen LogP contribution in [0.1, 0.15) is 21.8 Å². The number of hydrogen-bond acceptors (Lipinski definition) is 5. The number of benzene rings is 1. The van der Waals surface area contributed by atoms with Gasteiger partial charge in [-0.05, 0) is 30.7 Å². The van der Waals surface area contributed by atoms with Gasteiger partial charge in [-0.15, -0.1) is 5.10 Å². The fourth-order valence-corrected chi connectivity index (χ4v) is 1.33. The predicted molar refractivity (Wildman–Crippen MR) is 62.6 cm³/mol. The summed E-state index contributed by atoms with van der Waals surface area (Å²) >= 11 is 0. The minimum Gasteiger partial charge on any atom is -0.408 e. The van der Waals surface area contributed by atoms with E-state index in [1.165, 1.54) is 0 Å². The maximum Gasteiger partial charge on any atom is 0.322 e. The number of aryl methyl sites for hydroxylation is 2. The van der Waals surface area contributed by atoms with E-state index >= 15 is 0 Å². The predicted octanol–water partition coefficient (Wildman–Crippen LogP) is 1.52. The van der Waals surface area contributed by atoms with E-state index in [-0.39, 0.29) is 11.9 Å². The van der Waals surface area contributed by atoms with Crippen LogP contribution in [-0.4, -0.2) is 16.1 Å². The van der Waals surface area contributed by atoms with Crippen molar-refractivity contribution in [1.82, 2.24) is 10.2 Å². The summed E-state index contributed by atoms with van der Waals surface area (Å²) in [5, 5.41) is 9.80. The molecule has 1 aromatic carbocycles. The van der Waals surface area contributed by atoms with Crippen molar-refractivity contribution in [3.8, 4) is 0 Å². The molecule has 0 aliphatic heterocycles. The Morgan fingerprint density at radius 3 is 2.71 bits per heavy atom. The quantitative estimate of drug-likeness (QED) is 0.765. The molecule has 0 saturated carbocycles. The Labute approximate surface area is 97.8 Å². The highest BCUT2D eigenvalue weighted by molar-refractivity contribution is 6.03. The van der Waals surface area contributed by atoms with Crippen molar-refractivity contribution in [2.24, 2.45) is 0 Å². The first-order valence-corrected chi connectivity index (χ1v) is 5.04. The number of nitrogen functional groups attached to an aromatic ring is 1. The molecule has 17 heavy (non-hydrogen) atoms. The second-order valence-electron chi connectivity index (χ2n) is 3.65. The molecule has 1 aromatic heterocycles. The Balaban J connectivity index is 2.17. The lowest BCUT2D eigenvalue weighted by Crippen LogP contribution is -2.12. The lowest BCUT2D eigenvalue weighted by Gasteiger charge is -2.03. The molecule has 0 saturated heterocycles. The molecule has 0 radical (unpaired) electrons. The third-order valence-corrected chi connectivity index (χ3v) is 2.28. The lowest BCUT2D eigenvalue weighted by atomic mass is 10.1. The monoisotopic (exact) mass is 232 g/mol. The third-order valence-electron chi connectivity index (χ3n) is 2.28. The van der Waals surface area contributed by atoms with Gasteiger partial charge in [0.05, 0.1) is 0 Å². The van der Waals surface area contributed by atoms with Gasteiger partial charge in [0.2, 0.25) is 5.89 Å². The highest BCUT2D eigenvalue weighted by Crippen LogP contribution is 2.14. The van der Waals surface area contributed by atoms with Crippen molar-refractivity contribution in [1.29, 1.82) is 0 Å². The first kappa shape index (κ1) is 11.1. The fraction of sp³-hybridized carbons (Fsp3) is 0.182. The molecule has 1 amide bonds. The van der Waals surface area contributed by atoms with Gasteiger partial charge in [-0.3, -0.25) is 10.1 Å². The first-order valence-electron chi connectivity index (χ1n) is 5.04. The molecule has 0 spiro atoms. The number of nitrogens with two attached hydrogens (primary N) is 1. The lowest BCUT2D eigenvalue weighted by molar-refractivity contribution is 0.102. The van der Waals surface area contributed by atoms with E-state index in [0.29, 0.717) is 17.1 Å². The van der Waals surface area contributed by atoms with Gasteiger partial charge in [0.15, 0.2) is 0 Å². The number of amides is 1. The van der Waals surface area contributed by atoms with E-state index in [0.717, 1.165) is 5.56 Å². The smallest absolute Gasteiger partial charge is 0.322 e. The zero-order valence-electron chi connectivity index (χ0n) is 9.52. The molecule has 6 nitrogen and oxygen atoms in total. The number of carbonyl (C=O) groups is 1. The largest absolute Gasteiger partial charge is 0.408 e. The van der Waals surface area contributed by atoms with Crippen LogP contribution in [-0.2, 0) is 0 Å². The summed E-state index contributed by atoms with van der Waals surface area (Å²) in [7, 11) is 0. The van der Waals surface area contributed by atoms with Crippen molar-refractivity contribution in [2.75, 3.05) is 11.1 Å². The van der Waals surface area contributed by atoms with E-state index in [1.807, 2.05) is 6.92 Å². The maximum atomic E-state index is 11.8. The van der Waals surface area contributed by atoms with Gasteiger partial charge in [-0.25, -0.2) is 0 Å². The van der Waals surface area contributed by atoms with Gasteiger partial charge in [-0.2, -0.15) is 0 Å². The molecule has 3 N–H and O–H groups in total. The highest BCUT2D eigenvalue weighted by atomic mass is 16.4. The first-order chi connectivity index (χ1) is 8.06. The maximum absolute atomic E-state index is 11.8. The van der Waals surface area contributed by atoms with Crippen LogP contribution in [0.3, 0.4) is 0 Å². The van der Waals surface area contributed by atoms with Crippen molar-refractivity contribution in [2.45, 2.75) is 13.8 Å². The van der Waals surface area contributed by atoms with E-state index < -0.39 is 0 Å². The molecular formula is C11H12N4O2. The molecule has 0 atom stereocenters.